The molecule has 5 heteroatoms. The van der Waals surface area contributed by atoms with Crippen LogP contribution in [0.4, 0.5) is 0 Å². The first kappa shape index (κ1) is 13.3. The standard InChI is InChI=1S/C16H14O5/c1-20-14-7-9(17)5-6-11(14)15-8-13(19)10-3-2-4-12(18)16(10)21-15/h2-7,15,17-18H,8H2,1H3. The van der Waals surface area contributed by atoms with E-state index in [4.69, 9.17) is 9.47 Å². The number of Topliss-reactive ketones (excluding diaryl/α,β-unsaturated/α-hetero) is 1. The smallest absolute Gasteiger partial charge is 0.172 e. The van der Waals surface area contributed by atoms with E-state index in [1.807, 2.05) is 0 Å². The Balaban J connectivity index is 2.03. The molecular formula is C16H14O5. The van der Waals surface area contributed by atoms with Gasteiger partial charge in [-0.1, -0.05) is 6.07 Å². The summed E-state index contributed by atoms with van der Waals surface area (Å²) in [5.41, 5.74) is 1.03. The number of aromatic hydroxyl groups is 2. The van der Waals surface area contributed by atoms with Crippen LogP contribution in [0.1, 0.15) is 28.4 Å². The third-order valence-corrected chi connectivity index (χ3v) is 3.49. The Bertz CT molecular complexity index is 708. The minimum Gasteiger partial charge on any atom is -0.508 e. The van der Waals surface area contributed by atoms with E-state index in [-0.39, 0.29) is 29.5 Å². The fraction of sp³-hybridized carbons (Fsp3) is 0.188. The molecule has 3 rings (SSSR count). The quantitative estimate of drug-likeness (QED) is 0.887. The van der Waals surface area contributed by atoms with Crippen molar-refractivity contribution in [2.24, 2.45) is 0 Å². The van der Waals surface area contributed by atoms with Crippen LogP contribution in [0.25, 0.3) is 0 Å². The molecule has 1 aliphatic heterocycles. The lowest BCUT2D eigenvalue weighted by Gasteiger charge is -2.27. The molecule has 1 aliphatic rings. The van der Waals surface area contributed by atoms with Crippen molar-refractivity contribution < 1.29 is 24.5 Å². The maximum Gasteiger partial charge on any atom is 0.172 e. The van der Waals surface area contributed by atoms with Gasteiger partial charge in [0.15, 0.2) is 17.3 Å². The van der Waals surface area contributed by atoms with E-state index in [0.29, 0.717) is 16.9 Å². The van der Waals surface area contributed by atoms with Gasteiger partial charge in [-0.15, -0.1) is 0 Å². The highest BCUT2D eigenvalue weighted by atomic mass is 16.5. The zero-order chi connectivity index (χ0) is 15.0. The Morgan fingerprint density at radius 2 is 2.05 bits per heavy atom. The van der Waals surface area contributed by atoms with Crippen molar-refractivity contribution in [3.63, 3.8) is 0 Å². The molecule has 108 valence electrons. The summed E-state index contributed by atoms with van der Waals surface area (Å²) in [7, 11) is 1.48. The summed E-state index contributed by atoms with van der Waals surface area (Å²) < 4.78 is 11.0. The lowest BCUT2D eigenvalue weighted by atomic mass is 9.95. The van der Waals surface area contributed by atoms with E-state index in [2.05, 4.69) is 0 Å². The highest BCUT2D eigenvalue weighted by molar-refractivity contribution is 6.00. The number of ether oxygens (including phenoxy) is 2. The van der Waals surface area contributed by atoms with E-state index in [1.54, 1.807) is 18.2 Å². The topological polar surface area (TPSA) is 76.0 Å². The molecule has 5 nitrogen and oxygen atoms in total. The average Bonchev–Trinajstić information content (AvgIpc) is 2.48. The highest BCUT2D eigenvalue weighted by Gasteiger charge is 2.31. The molecule has 2 aromatic rings. The van der Waals surface area contributed by atoms with Gasteiger partial charge in [-0.05, 0) is 24.3 Å². The van der Waals surface area contributed by atoms with Crippen LogP contribution in [-0.2, 0) is 0 Å². The average molecular weight is 286 g/mol. The van der Waals surface area contributed by atoms with Crippen molar-refractivity contribution >= 4 is 5.78 Å². The normalized spacial score (nSPS) is 17.0. The highest BCUT2D eigenvalue weighted by Crippen LogP contribution is 2.42. The van der Waals surface area contributed by atoms with Crippen LogP contribution < -0.4 is 9.47 Å². The molecule has 21 heavy (non-hydrogen) atoms. The van der Waals surface area contributed by atoms with E-state index < -0.39 is 6.10 Å². The minimum absolute atomic E-state index is 0.0664. The van der Waals surface area contributed by atoms with Gasteiger partial charge in [-0.3, -0.25) is 4.79 Å². The number of hydrogen-bond donors (Lipinski definition) is 2. The van der Waals surface area contributed by atoms with E-state index in [1.165, 1.54) is 25.3 Å². The predicted molar refractivity (Wildman–Crippen MR) is 75.1 cm³/mol. The molecule has 0 amide bonds. The largest absolute Gasteiger partial charge is 0.508 e. The number of fused-ring (bicyclic) bond motifs is 1. The predicted octanol–water partition coefficient (Wildman–Crippen LogP) is 2.81. The van der Waals surface area contributed by atoms with Crippen LogP contribution in [0.3, 0.4) is 0 Å². The molecule has 2 N–H and O–H groups in total. The number of rotatable bonds is 2. The Morgan fingerprint density at radius 3 is 2.81 bits per heavy atom. The first-order valence-electron chi connectivity index (χ1n) is 6.49. The third-order valence-electron chi connectivity index (χ3n) is 3.49. The van der Waals surface area contributed by atoms with Gasteiger partial charge in [0.2, 0.25) is 0 Å². The van der Waals surface area contributed by atoms with Gasteiger partial charge in [0.1, 0.15) is 17.6 Å². The van der Waals surface area contributed by atoms with Gasteiger partial charge < -0.3 is 19.7 Å². The van der Waals surface area contributed by atoms with Gasteiger partial charge in [0.05, 0.1) is 19.1 Å². The van der Waals surface area contributed by atoms with Crippen LogP contribution in [0, 0.1) is 0 Å². The molecule has 1 atom stereocenters. The maximum absolute atomic E-state index is 12.2. The lowest BCUT2D eigenvalue weighted by molar-refractivity contribution is 0.0839. The molecular weight excluding hydrogens is 272 g/mol. The zero-order valence-corrected chi connectivity index (χ0v) is 11.4. The number of phenols is 2. The Kier molecular flexibility index (Phi) is 3.17. The Morgan fingerprint density at radius 1 is 1.24 bits per heavy atom. The van der Waals surface area contributed by atoms with Crippen LogP contribution in [-0.4, -0.2) is 23.1 Å². The van der Waals surface area contributed by atoms with Gasteiger partial charge >= 0.3 is 0 Å². The number of carbonyl (C=O) groups excluding carboxylic acids is 1. The number of methoxy groups -OCH3 is 1. The maximum atomic E-state index is 12.2. The molecule has 1 unspecified atom stereocenters. The zero-order valence-electron chi connectivity index (χ0n) is 11.4. The molecule has 0 aliphatic carbocycles. The second-order valence-electron chi connectivity index (χ2n) is 4.81. The molecule has 0 saturated carbocycles. The second kappa shape index (κ2) is 5.01. The SMILES string of the molecule is COc1cc(O)ccc1C1CC(=O)c2cccc(O)c2O1. The molecule has 0 bridgehead atoms. The number of para-hydroxylation sites is 1. The summed E-state index contributed by atoms with van der Waals surface area (Å²) in [5, 5.41) is 19.4. The number of ketones is 1. The number of phenolic OH excluding ortho intramolecular Hbond substituents is 2. The summed E-state index contributed by atoms with van der Waals surface area (Å²) in [6, 6.07) is 9.33. The second-order valence-corrected chi connectivity index (χ2v) is 4.81. The van der Waals surface area contributed by atoms with E-state index >= 15 is 0 Å². The molecule has 0 radical (unpaired) electrons. The van der Waals surface area contributed by atoms with Crippen molar-refractivity contribution in [2.75, 3.05) is 7.11 Å². The van der Waals surface area contributed by atoms with E-state index in [9.17, 15) is 15.0 Å². The lowest BCUT2D eigenvalue weighted by Crippen LogP contribution is -2.20. The van der Waals surface area contributed by atoms with Gasteiger partial charge in [0.25, 0.3) is 0 Å². The van der Waals surface area contributed by atoms with E-state index in [0.717, 1.165) is 0 Å². The van der Waals surface area contributed by atoms with Gasteiger partial charge in [0, 0.05) is 11.6 Å². The fourth-order valence-corrected chi connectivity index (χ4v) is 2.47. The summed E-state index contributed by atoms with van der Waals surface area (Å²) in [6.45, 7) is 0. The Hall–Kier alpha value is -2.69. The number of carbonyl (C=O) groups is 1. The van der Waals surface area contributed by atoms with Crippen LogP contribution in [0.15, 0.2) is 36.4 Å². The summed E-state index contributed by atoms with van der Waals surface area (Å²) >= 11 is 0. The van der Waals surface area contributed by atoms with Crippen molar-refractivity contribution in [3.8, 4) is 23.0 Å². The van der Waals surface area contributed by atoms with Crippen molar-refractivity contribution in [1.82, 2.24) is 0 Å². The number of hydrogen-bond acceptors (Lipinski definition) is 5. The first-order valence-corrected chi connectivity index (χ1v) is 6.49. The monoisotopic (exact) mass is 286 g/mol. The van der Waals surface area contributed by atoms with Crippen LogP contribution >= 0.6 is 0 Å². The molecule has 1 heterocycles. The van der Waals surface area contributed by atoms with Crippen LogP contribution in [0.5, 0.6) is 23.0 Å². The summed E-state index contributed by atoms with van der Waals surface area (Å²) in [6.07, 6.45) is -0.411. The van der Waals surface area contributed by atoms with Gasteiger partial charge in [-0.25, -0.2) is 0 Å². The van der Waals surface area contributed by atoms with Crippen LogP contribution in [0.2, 0.25) is 0 Å². The number of benzene rings is 2. The molecule has 0 saturated heterocycles. The molecule has 0 spiro atoms. The van der Waals surface area contributed by atoms with Crippen molar-refractivity contribution in [2.45, 2.75) is 12.5 Å². The van der Waals surface area contributed by atoms with Gasteiger partial charge in [-0.2, -0.15) is 0 Å². The summed E-state index contributed by atoms with van der Waals surface area (Å²) in [5.74, 6) is 0.525. The molecule has 2 aromatic carbocycles. The molecule has 0 fully saturated rings. The molecule has 0 aromatic heterocycles. The summed E-state index contributed by atoms with van der Waals surface area (Å²) in [4.78, 5) is 12.2. The third kappa shape index (κ3) is 2.27. The van der Waals surface area contributed by atoms with Crippen molar-refractivity contribution in [1.29, 1.82) is 0 Å². The first-order chi connectivity index (χ1) is 10.1. The minimum atomic E-state index is -0.561. The Labute approximate surface area is 121 Å². The van der Waals surface area contributed by atoms with Crippen molar-refractivity contribution in [3.05, 3.63) is 47.5 Å². The fourth-order valence-electron chi connectivity index (χ4n) is 2.47.